The highest BCUT2D eigenvalue weighted by Crippen LogP contribution is 2.41. The van der Waals surface area contributed by atoms with E-state index in [9.17, 15) is 0 Å². The Hall–Kier alpha value is 0.590. The first-order valence-electron chi connectivity index (χ1n) is 6.82. The molecule has 0 radical (unpaired) electrons. The van der Waals surface area contributed by atoms with Gasteiger partial charge in [0.25, 0.3) is 0 Å². The van der Waals surface area contributed by atoms with Crippen molar-refractivity contribution in [1.29, 1.82) is 0 Å². The van der Waals surface area contributed by atoms with E-state index in [-0.39, 0.29) is 0 Å². The van der Waals surface area contributed by atoms with Crippen LogP contribution in [0, 0.1) is 0 Å². The third-order valence-corrected chi connectivity index (χ3v) is 5.52. The normalized spacial score (nSPS) is 16.3. The van der Waals surface area contributed by atoms with E-state index < -0.39 is 0 Å². The third-order valence-electron chi connectivity index (χ3n) is 3.30. The van der Waals surface area contributed by atoms with Gasteiger partial charge in [0.05, 0.1) is 0 Å². The summed E-state index contributed by atoms with van der Waals surface area (Å²) in [5.74, 6) is 1.65. The molecule has 0 heterocycles. The molecule has 1 aliphatic carbocycles. The predicted octanol–water partition coefficient (Wildman–Crippen LogP) is 6.59. The second kappa shape index (κ2) is 9.49. The van der Waals surface area contributed by atoms with Crippen LogP contribution >= 0.6 is 41.7 Å². The SMILES string of the molecule is CC.ClCCCCCC1Cc2cc(SI)ccc21. The van der Waals surface area contributed by atoms with Gasteiger partial charge in [0.2, 0.25) is 0 Å². The summed E-state index contributed by atoms with van der Waals surface area (Å²) < 4.78 is 0. The maximum Gasteiger partial charge on any atom is 0.0223 e. The standard InChI is InChI=1S/C13H16ClIS.C2H6/c14-7-3-1-2-4-10-8-11-9-12(16-15)5-6-13(10)11;1-2/h5-6,9-10H,1-4,7-8H2;1-2H3. The molecule has 0 aliphatic heterocycles. The van der Waals surface area contributed by atoms with E-state index in [1.165, 1.54) is 37.0 Å². The van der Waals surface area contributed by atoms with Gasteiger partial charge in [0, 0.05) is 32.0 Å². The van der Waals surface area contributed by atoms with Gasteiger partial charge in [-0.25, -0.2) is 0 Å². The predicted molar refractivity (Wildman–Crippen MR) is 93.3 cm³/mol. The molecule has 0 saturated carbocycles. The molecule has 3 heteroatoms. The first kappa shape index (κ1) is 16.6. The van der Waals surface area contributed by atoms with Crippen molar-refractivity contribution in [2.45, 2.75) is 56.8 Å². The number of rotatable bonds is 6. The monoisotopic (exact) mass is 396 g/mol. The fourth-order valence-corrected chi connectivity index (χ4v) is 3.69. The summed E-state index contributed by atoms with van der Waals surface area (Å²) in [5.41, 5.74) is 3.17. The van der Waals surface area contributed by atoms with Crippen molar-refractivity contribution in [3.63, 3.8) is 0 Å². The zero-order valence-corrected chi connectivity index (χ0v) is 14.9. The zero-order chi connectivity index (χ0) is 13.4. The van der Waals surface area contributed by atoms with Crippen molar-refractivity contribution in [2.75, 3.05) is 5.88 Å². The van der Waals surface area contributed by atoms with Gasteiger partial charge in [-0.15, -0.1) is 11.6 Å². The molecule has 0 spiro atoms. The summed E-state index contributed by atoms with van der Waals surface area (Å²) in [6, 6.07) is 6.93. The quantitative estimate of drug-likeness (QED) is 0.297. The largest absolute Gasteiger partial charge is 0.127 e. The molecule has 0 aromatic heterocycles. The summed E-state index contributed by atoms with van der Waals surface area (Å²) in [6.07, 6.45) is 6.43. The first-order chi connectivity index (χ1) is 8.85. The van der Waals surface area contributed by atoms with E-state index in [1.807, 2.05) is 13.8 Å². The van der Waals surface area contributed by atoms with Gasteiger partial charge in [0.15, 0.2) is 0 Å². The first-order valence-corrected chi connectivity index (χ1v) is 10.7. The molecule has 18 heavy (non-hydrogen) atoms. The molecule has 0 fully saturated rings. The van der Waals surface area contributed by atoms with Crippen LogP contribution in [0.3, 0.4) is 0 Å². The molecule has 0 nitrogen and oxygen atoms in total. The lowest BCUT2D eigenvalue weighted by Crippen LogP contribution is -2.16. The van der Waals surface area contributed by atoms with Crippen molar-refractivity contribution in [1.82, 2.24) is 0 Å². The highest BCUT2D eigenvalue weighted by molar-refractivity contribution is 14.2. The van der Waals surface area contributed by atoms with E-state index in [0.717, 1.165) is 11.8 Å². The van der Waals surface area contributed by atoms with E-state index in [4.69, 9.17) is 11.6 Å². The van der Waals surface area contributed by atoms with Crippen LogP contribution in [-0.2, 0) is 6.42 Å². The Labute approximate surface area is 133 Å². The van der Waals surface area contributed by atoms with Gasteiger partial charge in [-0.2, -0.15) is 0 Å². The average Bonchev–Trinajstić information content (AvgIpc) is 2.41. The van der Waals surface area contributed by atoms with Crippen LogP contribution in [-0.4, -0.2) is 5.88 Å². The van der Waals surface area contributed by atoms with Gasteiger partial charge >= 0.3 is 0 Å². The lowest BCUT2D eigenvalue weighted by atomic mass is 9.75. The molecular weight excluding hydrogens is 375 g/mol. The van der Waals surface area contributed by atoms with E-state index >= 15 is 0 Å². The zero-order valence-electron chi connectivity index (χ0n) is 11.2. The Morgan fingerprint density at radius 2 is 2.06 bits per heavy atom. The van der Waals surface area contributed by atoms with Crippen LogP contribution in [0.25, 0.3) is 0 Å². The van der Waals surface area contributed by atoms with Gasteiger partial charge < -0.3 is 0 Å². The van der Waals surface area contributed by atoms with Gasteiger partial charge in [-0.3, -0.25) is 0 Å². The number of benzene rings is 1. The molecule has 102 valence electrons. The van der Waals surface area contributed by atoms with Crippen LogP contribution in [0.5, 0.6) is 0 Å². The summed E-state index contributed by atoms with van der Waals surface area (Å²) >= 11 is 8.02. The van der Waals surface area contributed by atoms with Gasteiger partial charge in [0.1, 0.15) is 0 Å². The Morgan fingerprint density at radius 3 is 2.67 bits per heavy atom. The van der Waals surface area contributed by atoms with Crippen LogP contribution in [0.1, 0.15) is 56.6 Å². The molecule has 0 bridgehead atoms. The summed E-state index contributed by atoms with van der Waals surface area (Å²) in [4.78, 5) is 1.39. The number of alkyl halides is 1. The second-order valence-corrected chi connectivity index (χ2v) is 6.70. The van der Waals surface area contributed by atoms with Crippen molar-refractivity contribution >= 4 is 41.7 Å². The number of hydrogen-bond acceptors (Lipinski definition) is 1. The highest BCUT2D eigenvalue weighted by atomic mass is 127. The van der Waals surface area contributed by atoms with Crippen molar-refractivity contribution in [3.05, 3.63) is 29.3 Å². The lowest BCUT2D eigenvalue weighted by Gasteiger charge is -2.30. The highest BCUT2D eigenvalue weighted by Gasteiger charge is 2.25. The molecule has 2 rings (SSSR count). The van der Waals surface area contributed by atoms with Gasteiger partial charge in [-0.1, -0.05) is 41.7 Å². The Kier molecular flexibility index (Phi) is 8.77. The summed E-state index contributed by atoms with van der Waals surface area (Å²) in [6.45, 7) is 4.00. The minimum Gasteiger partial charge on any atom is -0.127 e. The fourth-order valence-electron chi connectivity index (χ4n) is 2.37. The van der Waals surface area contributed by atoms with Crippen LogP contribution in [0.15, 0.2) is 23.1 Å². The van der Waals surface area contributed by atoms with E-state index in [2.05, 4.69) is 39.4 Å². The van der Waals surface area contributed by atoms with E-state index in [1.54, 1.807) is 20.1 Å². The summed E-state index contributed by atoms with van der Waals surface area (Å²) in [5, 5.41) is 0. The van der Waals surface area contributed by atoms with Crippen molar-refractivity contribution in [2.24, 2.45) is 0 Å². The molecule has 0 amide bonds. The second-order valence-electron chi connectivity index (χ2n) is 4.38. The van der Waals surface area contributed by atoms with Crippen molar-refractivity contribution < 1.29 is 0 Å². The maximum absolute atomic E-state index is 5.68. The Balaban J connectivity index is 0.000000771. The molecule has 1 aliphatic rings. The molecule has 1 atom stereocenters. The molecule has 0 N–H and O–H groups in total. The Morgan fingerprint density at radius 1 is 1.28 bits per heavy atom. The van der Waals surface area contributed by atoms with Crippen LogP contribution in [0.2, 0.25) is 0 Å². The van der Waals surface area contributed by atoms with E-state index in [0.29, 0.717) is 0 Å². The molecule has 1 unspecified atom stereocenters. The Bertz CT molecular complexity index is 354. The van der Waals surface area contributed by atoms with Gasteiger partial charge in [-0.05, 0) is 48.4 Å². The molecule has 1 aromatic carbocycles. The number of fused-ring (bicyclic) bond motifs is 1. The molecule has 0 saturated heterocycles. The topological polar surface area (TPSA) is 0 Å². The minimum atomic E-state index is 0.817. The molecule has 1 aromatic rings. The minimum absolute atomic E-state index is 0.817. The number of unbranched alkanes of at least 4 members (excludes halogenated alkanes) is 2. The van der Waals surface area contributed by atoms with Crippen LogP contribution in [0.4, 0.5) is 0 Å². The maximum atomic E-state index is 5.68. The third kappa shape index (κ3) is 4.61. The lowest BCUT2D eigenvalue weighted by molar-refractivity contribution is 0.519. The average molecular weight is 397 g/mol. The smallest absolute Gasteiger partial charge is 0.0223 e. The summed E-state index contributed by atoms with van der Waals surface area (Å²) in [7, 11) is 1.81. The number of halogens is 2. The number of hydrogen-bond donors (Lipinski definition) is 0. The van der Waals surface area contributed by atoms with Crippen molar-refractivity contribution in [3.8, 4) is 0 Å². The molecular formula is C15H22ClIS. The fraction of sp³-hybridized carbons (Fsp3) is 0.600. The van der Waals surface area contributed by atoms with Crippen LogP contribution < -0.4 is 0 Å².